The van der Waals surface area contributed by atoms with Crippen LogP contribution in [0, 0.1) is 0 Å². The average Bonchev–Trinajstić information content (AvgIpc) is 2.53. The Morgan fingerprint density at radius 2 is 2.25 bits per heavy atom. The third-order valence-corrected chi connectivity index (χ3v) is 3.96. The monoisotopic (exact) mass is 188 g/mol. The number of ether oxygens (including phenoxy) is 1. The summed E-state index contributed by atoms with van der Waals surface area (Å²) in [6.07, 6.45) is 2.66. The maximum Gasteiger partial charge on any atom is 0.0887 e. The molecule has 2 unspecified atom stereocenters. The number of rotatable bonds is 4. The van der Waals surface area contributed by atoms with Crippen molar-refractivity contribution < 1.29 is 8.95 Å². The van der Waals surface area contributed by atoms with Gasteiger partial charge in [0.05, 0.1) is 17.6 Å². The molecule has 0 aromatic heterocycles. The molecular weight excluding hydrogens is 172 g/mol. The Morgan fingerprint density at radius 3 is 2.67 bits per heavy atom. The average molecular weight is 188 g/mol. The van der Waals surface area contributed by atoms with Crippen molar-refractivity contribution in [2.45, 2.75) is 31.9 Å². The van der Waals surface area contributed by atoms with Gasteiger partial charge in [-0.25, -0.2) is 0 Å². The van der Waals surface area contributed by atoms with Crippen LogP contribution in [-0.4, -0.2) is 21.3 Å². The molecule has 0 N–H and O–H groups in total. The van der Waals surface area contributed by atoms with E-state index >= 15 is 0 Å². The van der Waals surface area contributed by atoms with Crippen LogP contribution in [0.5, 0.6) is 0 Å². The first-order valence-corrected chi connectivity index (χ1v) is 5.50. The molecule has 70 valence electrons. The lowest BCUT2D eigenvalue weighted by atomic mass is 10.1. The van der Waals surface area contributed by atoms with Gasteiger partial charge in [-0.2, -0.15) is 0 Å². The highest BCUT2D eigenvalue weighted by Crippen LogP contribution is 2.34. The fourth-order valence-electron chi connectivity index (χ4n) is 0.934. The molecular formula is C9H16O2S. The van der Waals surface area contributed by atoms with E-state index in [-0.39, 0.29) is 4.75 Å². The van der Waals surface area contributed by atoms with Gasteiger partial charge in [-0.1, -0.05) is 0 Å². The molecule has 0 saturated carbocycles. The molecule has 0 spiro atoms. The number of hydrogen-bond donors (Lipinski definition) is 0. The summed E-state index contributed by atoms with van der Waals surface area (Å²) >= 11 is 0. The Morgan fingerprint density at radius 1 is 1.67 bits per heavy atom. The van der Waals surface area contributed by atoms with E-state index in [9.17, 15) is 4.21 Å². The molecule has 0 aliphatic carbocycles. The Labute approximate surface area is 76.5 Å². The summed E-state index contributed by atoms with van der Waals surface area (Å²) < 4.78 is 16.3. The minimum Gasteiger partial charge on any atom is -0.501 e. The van der Waals surface area contributed by atoms with Gasteiger partial charge < -0.3 is 4.74 Å². The molecule has 1 aliphatic rings. The molecule has 1 heterocycles. The molecule has 1 fully saturated rings. The second-order valence-electron chi connectivity index (χ2n) is 3.76. The summed E-state index contributed by atoms with van der Waals surface area (Å²) in [7, 11) is -0.579. The van der Waals surface area contributed by atoms with Crippen LogP contribution in [-0.2, 0) is 15.5 Å². The molecule has 0 aromatic carbocycles. The largest absolute Gasteiger partial charge is 0.501 e. The van der Waals surface area contributed by atoms with Crippen molar-refractivity contribution in [3.05, 3.63) is 11.8 Å². The van der Waals surface area contributed by atoms with E-state index in [1.165, 1.54) is 0 Å². The van der Waals surface area contributed by atoms with E-state index in [0.29, 0.717) is 6.61 Å². The van der Waals surface area contributed by atoms with Crippen molar-refractivity contribution in [3.8, 4) is 0 Å². The lowest BCUT2D eigenvalue weighted by Crippen LogP contribution is -2.08. The minimum atomic E-state index is -0.579. The van der Waals surface area contributed by atoms with Crippen molar-refractivity contribution in [3.63, 3.8) is 0 Å². The van der Waals surface area contributed by atoms with Crippen LogP contribution >= 0.6 is 0 Å². The standard InChI is InChI=1S/C9H16O2S/c1-8(2)6-11-5-4-9(3)7-12(9)10/h6H,4-5,7H2,1-3H3. The van der Waals surface area contributed by atoms with Crippen LogP contribution in [0.3, 0.4) is 0 Å². The zero-order valence-corrected chi connectivity index (χ0v) is 8.74. The highest BCUT2D eigenvalue weighted by molar-refractivity contribution is 7.94. The fourth-order valence-corrected chi connectivity index (χ4v) is 2.03. The molecule has 12 heavy (non-hydrogen) atoms. The van der Waals surface area contributed by atoms with Crippen LogP contribution in [0.1, 0.15) is 27.2 Å². The summed E-state index contributed by atoms with van der Waals surface area (Å²) in [5.41, 5.74) is 1.16. The van der Waals surface area contributed by atoms with Gasteiger partial charge >= 0.3 is 0 Å². The van der Waals surface area contributed by atoms with E-state index in [1.54, 1.807) is 6.26 Å². The molecule has 0 aromatic rings. The summed E-state index contributed by atoms with van der Waals surface area (Å²) in [5.74, 6) is 0.852. The third kappa shape index (κ3) is 2.63. The van der Waals surface area contributed by atoms with Gasteiger partial charge in [-0.15, -0.1) is 0 Å². The van der Waals surface area contributed by atoms with E-state index in [2.05, 4.69) is 6.92 Å². The number of allylic oxidation sites excluding steroid dienone is 1. The second-order valence-corrected chi connectivity index (χ2v) is 5.72. The summed E-state index contributed by atoms with van der Waals surface area (Å²) in [6, 6.07) is 0. The van der Waals surface area contributed by atoms with E-state index in [4.69, 9.17) is 4.74 Å². The van der Waals surface area contributed by atoms with Crippen molar-refractivity contribution in [2.75, 3.05) is 12.4 Å². The van der Waals surface area contributed by atoms with Crippen molar-refractivity contribution >= 4 is 10.8 Å². The Kier molecular flexibility index (Phi) is 2.94. The molecule has 1 saturated heterocycles. The van der Waals surface area contributed by atoms with Gasteiger partial charge in [0.15, 0.2) is 0 Å². The Bertz CT molecular complexity index is 219. The van der Waals surface area contributed by atoms with Crippen LogP contribution in [0.25, 0.3) is 0 Å². The Balaban J connectivity index is 2.12. The summed E-state index contributed by atoms with van der Waals surface area (Å²) in [4.78, 5) is 0. The molecule has 0 bridgehead atoms. The minimum absolute atomic E-state index is 0.0650. The Hall–Kier alpha value is -0.310. The summed E-state index contributed by atoms with van der Waals surface area (Å²) in [5, 5.41) is 0. The fraction of sp³-hybridized carbons (Fsp3) is 0.778. The zero-order chi connectivity index (χ0) is 9.19. The van der Waals surface area contributed by atoms with Crippen molar-refractivity contribution in [2.24, 2.45) is 0 Å². The van der Waals surface area contributed by atoms with E-state index in [1.807, 2.05) is 13.8 Å². The normalized spacial score (nSPS) is 32.8. The molecule has 2 nitrogen and oxygen atoms in total. The first-order chi connectivity index (χ1) is 5.54. The van der Waals surface area contributed by atoms with Crippen molar-refractivity contribution in [1.29, 1.82) is 0 Å². The van der Waals surface area contributed by atoms with Crippen LogP contribution in [0.15, 0.2) is 11.8 Å². The van der Waals surface area contributed by atoms with Gasteiger partial charge in [-0.05, 0) is 32.8 Å². The first-order valence-electron chi connectivity index (χ1n) is 4.18. The molecule has 1 rings (SSSR count). The van der Waals surface area contributed by atoms with Gasteiger partial charge in [0.1, 0.15) is 0 Å². The van der Waals surface area contributed by atoms with E-state index < -0.39 is 10.8 Å². The predicted molar refractivity (Wildman–Crippen MR) is 51.4 cm³/mol. The van der Waals surface area contributed by atoms with E-state index in [0.717, 1.165) is 17.7 Å². The van der Waals surface area contributed by atoms with Crippen LogP contribution in [0.2, 0.25) is 0 Å². The lowest BCUT2D eigenvalue weighted by molar-refractivity contribution is 0.236. The summed E-state index contributed by atoms with van der Waals surface area (Å²) in [6.45, 7) is 6.73. The molecule has 0 radical (unpaired) electrons. The van der Waals surface area contributed by atoms with Crippen molar-refractivity contribution in [1.82, 2.24) is 0 Å². The molecule has 2 atom stereocenters. The maximum atomic E-state index is 11.0. The maximum absolute atomic E-state index is 11.0. The lowest BCUT2D eigenvalue weighted by Gasteiger charge is -2.04. The van der Waals surface area contributed by atoms with Crippen LogP contribution < -0.4 is 0 Å². The van der Waals surface area contributed by atoms with Gasteiger partial charge in [-0.3, -0.25) is 4.21 Å². The quantitative estimate of drug-likeness (QED) is 0.382. The highest BCUT2D eigenvalue weighted by Gasteiger charge is 2.47. The zero-order valence-electron chi connectivity index (χ0n) is 7.92. The highest BCUT2D eigenvalue weighted by atomic mass is 32.2. The second kappa shape index (κ2) is 3.60. The first kappa shape index (κ1) is 9.78. The molecule has 1 aliphatic heterocycles. The van der Waals surface area contributed by atoms with Gasteiger partial charge in [0, 0.05) is 16.6 Å². The van der Waals surface area contributed by atoms with Gasteiger partial charge in [0.2, 0.25) is 0 Å². The third-order valence-electron chi connectivity index (χ3n) is 1.97. The van der Waals surface area contributed by atoms with Gasteiger partial charge in [0.25, 0.3) is 0 Å². The molecule has 3 heteroatoms. The molecule has 0 amide bonds. The predicted octanol–water partition coefficient (Wildman–Crippen LogP) is 1.84. The van der Waals surface area contributed by atoms with Crippen LogP contribution in [0.4, 0.5) is 0 Å². The number of hydrogen-bond acceptors (Lipinski definition) is 2. The topological polar surface area (TPSA) is 26.3 Å². The SMILES string of the molecule is CC(C)=COCCC1(C)CS1=O. The smallest absolute Gasteiger partial charge is 0.0887 e.